The highest BCUT2D eigenvalue weighted by molar-refractivity contribution is 7.89. The minimum atomic E-state index is -3.71. The third-order valence-electron chi connectivity index (χ3n) is 5.21. The number of nitrogens with one attached hydrogen (secondary N) is 1. The van der Waals surface area contributed by atoms with Crippen molar-refractivity contribution >= 4 is 39.1 Å². The van der Waals surface area contributed by atoms with Crippen LogP contribution in [0.15, 0.2) is 41.3 Å². The van der Waals surface area contributed by atoms with Gasteiger partial charge in [-0.05, 0) is 49.2 Å². The van der Waals surface area contributed by atoms with Crippen LogP contribution in [0.2, 0.25) is 5.02 Å². The second-order valence-corrected chi connectivity index (χ2v) is 9.90. The van der Waals surface area contributed by atoms with Crippen LogP contribution >= 0.6 is 11.6 Å². The largest absolute Gasteiger partial charge is 0.495 e. The zero-order chi connectivity index (χ0) is 24.0. The number of rotatable bonds is 8. The lowest BCUT2D eigenvalue weighted by molar-refractivity contribution is -0.118. The van der Waals surface area contributed by atoms with Crippen molar-refractivity contribution in [3.63, 3.8) is 0 Å². The SMILES string of the molecule is COc1ccc(S(=O)(=O)N2CCCCCC2)cc1NC(=O)COc1ccc(Cl)cc1C(N)=O. The van der Waals surface area contributed by atoms with Crippen LogP contribution in [0.4, 0.5) is 5.69 Å². The molecule has 3 N–H and O–H groups in total. The fourth-order valence-electron chi connectivity index (χ4n) is 3.53. The smallest absolute Gasteiger partial charge is 0.262 e. The molecule has 2 amide bonds. The highest BCUT2D eigenvalue weighted by atomic mass is 35.5. The maximum absolute atomic E-state index is 13.1. The number of carbonyl (C=O) groups excluding carboxylic acids is 2. The van der Waals surface area contributed by atoms with Gasteiger partial charge in [0, 0.05) is 18.1 Å². The Morgan fingerprint density at radius 3 is 2.36 bits per heavy atom. The third-order valence-corrected chi connectivity index (χ3v) is 7.34. The van der Waals surface area contributed by atoms with Crippen LogP contribution in [0, 0.1) is 0 Å². The summed E-state index contributed by atoms with van der Waals surface area (Å²) in [5.74, 6) is -0.932. The number of amides is 2. The number of carbonyl (C=O) groups is 2. The van der Waals surface area contributed by atoms with Crippen LogP contribution < -0.4 is 20.5 Å². The molecule has 0 saturated carbocycles. The molecule has 0 aromatic heterocycles. The summed E-state index contributed by atoms with van der Waals surface area (Å²) in [4.78, 5) is 24.2. The second kappa shape index (κ2) is 10.9. The zero-order valence-corrected chi connectivity index (χ0v) is 19.7. The van der Waals surface area contributed by atoms with E-state index in [0.29, 0.717) is 23.9 Å². The summed E-state index contributed by atoms with van der Waals surface area (Å²) in [6.45, 7) is 0.481. The molecular weight excluding hydrogens is 470 g/mol. The molecule has 3 rings (SSSR count). The number of primary amides is 1. The summed E-state index contributed by atoms with van der Waals surface area (Å²) >= 11 is 5.87. The van der Waals surface area contributed by atoms with Crippen molar-refractivity contribution < 1.29 is 27.5 Å². The monoisotopic (exact) mass is 495 g/mol. The average molecular weight is 496 g/mol. The molecule has 0 spiro atoms. The molecule has 1 saturated heterocycles. The van der Waals surface area contributed by atoms with E-state index in [1.165, 1.54) is 47.8 Å². The average Bonchev–Trinajstić information content (AvgIpc) is 3.08. The van der Waals surface area contributed by atoms with Crippen molar-refractivity contribution in [1.29, 1.82) is 0 Å². The first-order valence-electron chi connectivity index (χ1n) is 10.4. The van der Waals surface area contributed by atoms with E-state index in [9.17, 15) is 18.0 Å². The number of ether oxygens (including phenoxy) is 2. The van der Waals surface area contributed by atoms with Crippen molar-refractivity contribution in [2.45, 2.75) is 30.6 Å². The number of sulfonamides is 1. The summed E-state index contributed by atoms with van der Waals surface area (Å²) in [5.41, 5.74) is 5.55. The molecule has 1 aliphatic rings. The molecule has 2 aromatic rings. The Bertz CT molecular complexity index is 1130. The molecule has 0 bridgehead atoms. The van der Waals surface area contributed by atoms with Crippen LogP contribution in [-0.2, 0) is 14.8 Å². The van der Waals surface area contributed by atoms with Gasteiger partial charge in [0.05, 0.1) is 23.3 Å². The number of halogens is 1. The van der Waals surface area contributed by atoms with Gasteiger partial charge >= 0.3 is 0 Å². The van der Waals surface area contributed by atoms with Gasteiger partial charge in [-0.2, -0.15) is 4.31 Å². The van der Waals surface area contributed by atoms with Crippen LogP contribution in [-0.4, -0.2) is 51.3 Å². The molecule has 9 nitrogen and oxygen atoms in total. The summed E-state index contributed by atoms with van der Waals surface area (Å²) in [6, 6.07) is 8.60. The summed E-state index contributed by atoms with van der Waals surface area (Å²) in [5, 5.41) is 2.90. The number of methoxy groups -OCH3 is 1. The highest BCUT2D eigenvalue weighted by Gasteiger charge is 2.26. The Balaban J connectivity index is 1.76. The van der Waals surface area contributed by atoms with Crippen LogP contribution in [0.1, 0.15) is 36.0 Å². The summed E-state index contributed by atoms with van der Waals surface area (Å²) in [7, 11) is -2.30. The first-order chi connectivity index (χ1) is 15.7. The van der Waals surface area contributed by atoms with E-state index in [4.69, 9.17) is 26.8 Å². The van der Waals surface area contributed by atoms with Crippen molar-refractivity contribution in [2.24, 2.45) is 5.73 Å². The minimum absolute atomic E-state index is 0.0402. The molecule has 33 heavy (non-hydrogen) atoms. The predicted molar refractivity (Wildman–Crippen MR) is 124 cm³/mol. The molecule has 1 fully saturated rings. The van der Waals surface area contributed by atoms with E-state index in [1.54, 1.807) is 0 Å². The zero-order valence-electron chi connectivity index (χ0n) is 18.2. The normalized spacial score (nSPS) is 14.8. The molecule has 0 unspecified atom stereocenters. The number of nitrogens with zero attached hydrogens (tertiary/aromatic N) is 1. The lowest BCUT2D eigenvalue weighted by Crippen LogP contribution is -2.32. The molecule has 11 heteroatoms. The molecule has 0 radical (unpaired) electrons. The van der Waals surface area contributed by atoms with E-state index in [2.05, 4.69) is 5.32 Å². The van der Waals surface area contributed by atoms with Gasteiger partial charge in [-0.25, -0.2) is 8.42 Å². The molecule has 0 atom stereocenters. The number of nitrogens with two attached hydrogens (primary N) is 1. The van der Waals surface area contributed by atoms with Gasteiger partial charge in [0.15, 0.2) is 6.61 Å². The maximum atomic E-state index is 13.1. The Labute approximate surface area is 197 Å². The van der Waals surface area contributed by atoms with Gasteiger partial charge in [-0.15, -0.1) is 0 Å². The van der Waals surface area contributed by atoms with Gasteiger partial charge < -0.3 is 20.5 Å². The number of hydrogen-bond donors (Lipinski definition) is 2. The lowest BCUT2D eigenvalue weighted by atomic mass is 10.2. The van der Waals surface area contributed by atoms with E-state index >= 15 is 0 Å². The number of hydrogen-bond acceptors (Lipinski definition) is 6. The van der Waals surface area contributed by atoms with E-state index in [0.717, 1.165) is 25.7 Å². The molecule has 0 aliphatic carbocycles. The van der Waals surface area contributed by atoms with Gasteiger partial charge in [0.2, 0.25) is 10.0 Å². The fourth-order valence-corrected chi connectivity index (χ4v) is 5.24. The van der Waals surface area contributed by atoms with Crippen molar-refractivity contribution in [3.8, 4) is 11.5 Å². The van der Waals surface area contributed by atoms with Crippen LogP contribution in [0.5, 0.6) is 11.5 Å². The van der Waals surface area contributed by atoms with Crippen LogP contribution in [0.25, 0.3) is 0 Å². The maximum Gasteiger partial charge on any atom is 0.262 e. The molecule has 178 valence electrons. The van der Waals surface area contributed by atoms with Gasteiger partial charge in [-0.1, -0.05) is 24.4 Å². The van der Waals surface area contributed by atoms with Gasteiger partial charge in [0.1, 0.15) is 11.5 Å². The first kappa shape index (κ1) is 24.8. The Hall–Kier alpha value is -2.82. The third kappa shape index (κ3) is 6.16. The van der Waals surface area contributed by atoms with Gasteiger partial charge in [-0.3, -0.25) is 9.59 Å². The number of benzene rings is 2. The molecular formula is C22H26ClN3O6S. The highest BCUT2D eigenvalue weighted by Crippen LogP contribution is 2.30. The minimum Gasteiger partial charge on any atom is -0.495 e. The Morgan fingerprint density at radius 2 is 1.73 bits per heavy atom. The molecule has 1 aliphatic heterocycles. The second-order valence-electron chi connectivity index (χ2n) is 7.52. The first-order valence-corrected chi connectivity index (χ1v) is 12.2. The standard InChI is InChI=1S/C22H26ClN3O6S/c1-31-20-9-7-16(33(29,30)26-10-4-2-3-5-11-26)13-18(20)25-21(27)14-32-19-8-6-15(23)12-17(19)22(24)28/h6-9,12-13H,2-5,10-11,14H2,1H3,(H2,24,28)(H,25,27). The summed E-state index contributed by atoms with van der Waals surface area (Å²) < 4.78 is 38.4. The van der Waals surface area contributed by atoms with Crippen molar-refractivity contribution in [3.05, 3.63) is 47.0 Å². The Kier molecular flexibility index (Phi) is 8.17. The van der Waals surface area contributed by atoms with E-state index in [1.807, 2.05) is 0 Å². The summed E-state index contributed by atoms with van der Waals surface area (Å²) in [6.07, 6.45) is 3.63. The topological polar surface area (TPSA) is 128 Å². The molecule has 2 aromatic carbocycles. The van der Waals surface area contributed by atoms with E-state index in [-0.39, 0.29) is 21.9 Å². The van der Waals surface area contributed by atoms with Crippen molar-refractivity contribution in [1.82, 2.24) is 4.31 Å². The lowest BCUT2D eigenvalue weighted by Gasteiger charge is -2.21. The predicted octanol–water partition coefficient (Wildman–Crippen LogP) is 3.03. The Morgan fingerprint density at radius 1 is 1.06 bits per heavy atom. The van der Waals surface area contributed by atoms with Gasteiger partial charge in [0.25, 0.3) is 11.8 Å². The number of anilines is 1. The molecule has 1 heterocycles. The fraction of sp³-hybridized carbons (Fsp3) is 0.364. The van der Waals surface area contributed by atoms with Crippen LogP contribution in [0.3, 0.4) is 0 Å². The van der Waals surface area contributed by atoms with Crippen molar-refractivity contribution in [2.75, 3.05) is 32.1 Å². The van der Waals surface area contributed by atoms with E-state index < -0.39 is 28.4 Å². The quantitative estimate of drug-likeness (QED) is 0.579.